The second-order valence-corrected chi connectivity index (χ2v) is 5.38. The predicted octanol–water partition coefficient (Wildman–Crippen LogP) is 4.05. The van der Waals surface area contributed by atoms with Gasteiger partial charge in [0.15, 0.2) is 6.10 Å². The molecule has 0 bridgehead atoms. The maximum absolute atomic E-state index is 13.1. The molecule has 128 valence electrons. The van der Waals surface area contributed by atoms with E-state index < -0.39 is 23.8 Å². The minimum Gasteiger partial charge on any atom is -0.367 e. The average Bonchev–Trinajstić information content (AvgIpc) is 2.56. The minimum atomic E-state index is -4.46. The van der Waals surface area contributed by atoms with Crippen molar-refractivity contribution < 1.29 is 22.7 Å². The Kier molecular flexibility index (Phi) is 5.62. The summed E-state index contributed by atoms with van der Waals surface area (Å²) in [6.45, 7) is -0.152. The number of alkyl halides is 3. The molecule has 2 aromatic rings. The molecule has 1 unspecified atom stereocenters. The van der Waals surface area contributed by atoms with Crippen LogP contribution in [0.3, 0.4) is 0 Å². The Morgan fingerprint density at radius 1 is 1.08 bits per heavy atom. The molecule has 0 radical (unpaired) electrons. The molecule has 0 fully saturated rings. The number of amides is 1. The van der Waals surface area contributed by atoms with Crippen molar-refractivity contribution in [3.8, 4) is 0 Å². The van der Waals surface area contributed by atoms with Crippen LogP contribution < -0.4 is 0 Å². The number of carbonyl (C=O) groups is 1. The second kappa shape index (κ2) is 7.49. The van der Waals surface area contributed by atoms with Gasteiger partial charge in [0.25, 0.3) is 5.91 Å². The van der Waals surface area contributed by atoms with Crippen molar-refractivity contribution in [1.82, 2.24) is 4.90 Å². The first-order valence-corrected chi connectivity index (χ1v) is 7.32. The van der Waals surface area contributed by atoms with Crippen LogP contribution in [0.5, 0.6) is 0 Å². The van der Waals surface area contributed by atoms with Crippen molar-refractivity contribution in [1.29, 1.82) is 0 Å². The molecule has 0 saturated heterocycles. The van der Waals surface area contributed by atoms with Crippen LogP contribution >= 0.6 is 0 Å². The van der Waals surface area contributed by atoms with Crippen molar-refractivity contribution in [3.05, 3.63) is 71.3 Å². The lowest BCUT2D eigenvalue weighted by Crippen LogP contribution is -2.32. The lowest BCUT2D eigenvalue weighted by atomic mass is 10.1. The largest absolute Gasteiger partial charge is 0.416 e. The van der Waals surface area contributed by atoms with E-state index in [1.54, 1.807) is 24.3 Å². The van der Waals surface area contributed by atoms with Crippen LogP contribution in [0.25, 0.3) is 0 Å². The lowest BCUT2D eigenvalue weighted by Gasteiger charge is -2.24. The van der Waals surface area contributed by atoms with E-state index in [-0.39, 0.29) is 12.1 Å². The van der Waals surface area contributed by atoms with E-state index in [0.29, 0.717) is 5.56 Å². The summed E-state index contributed by atoms with van der Waals surface area (Å²) in [6, 6.07) is 14.1. The second-order valence-electron chi connectivity index (χ2n) is 5.38. The van der Waals surface area contributed by atoms with Crippen molar-refractivity contribution >= 4 is 5.91 Å². The van der Waals surface area contributed by atoms with Gasteiger partial charge < -0.3 is 9.64 Å². The Hall–Kier alpha value is -2.34. The molecule has 0 N–H and O–H groups in total. The van der Waals surface area contributed by atoms with E-state index in [0.717, 1.165) is 6.07 Å². The first-order valence-electron chi connectivity index (χ1n) is 7.32. The molecule has 0 spiro atoms. The van der Waals surface area contributed by atoms with E-state index in [2.05, 4.69) is 0 Å². The van der Waals surface area contributed by atoms with E-state index in [1.165, 1.54) is 37.3 Å². The molecule has 0 aliphatic carbocycles. The normalized spacial score (nSPS) is 12.7. The number of nitrogens with zero attached hydrogens (tertiary/aromatic N) is 1. The number of rotatable bonds is 5. The van der Waals surface area contributed by atoms with Gasteiger partial charge >= 0.3 is 6.18 Å². The Balaban J connectivity index is 2.21. The molecule has 1 amide bonds. The Bertz CT molecular complexity index is 686. The molecule has 0 heterocycles. The summed E-state index contributed by atoms with van der Waals surface area (Å²) in [5, 5.41) is 0. The van der Waals surface area contributed by atoms with Crippen molar-refractivity contribution in [2.75, 3.05) is 14.2 Å². The monoisotopic (exact) mass is 337 g/mol. The highest BCUT2D eigenvalue weighted by atomic mass is 19.4. The number of benzene rings is 2. The highest BCUT2D eigenvalue weighted by molar-refractivity contribution is 5.82. The number of hydrogen-bond donors (Lipinski definition) is 0. The van der Waals surface area contributed by atoms with Crippen LogP contribution in [0.1, 0.15) is 22.8 Å². The number of hydrogen-bond acceptors (Lipinski definition) is 2. The zero-order valence-electron chi connectivity index (χ0n) is 13.4. The summed E-state index contributed by atoms with van der Waals surface area (Å²) < 4.78 is 44.4. The van der Waals surface area contributed by atoms with Crippen LogP contribution in [0.15, 0.2) is 54.6 Å². The topological polar surface area (TPSA) is 29.5 Å². The number of ether oxygens (including phenoxy) is 1. The zero-order chi connectivity index (χ0) is 17.7. The molecule has 0 aliphatic rings. The maximum atomic E-state index is 13.1. The van der Waals surface area contributed by atoms with Crippen molar-refractivity contribution in [2.45, 2.75) is 18.8 Å². The summed E-state index contributed by atoms with van der Waals surface area (Å²) in [6.07, 6.45) is -5.31. The molecule has 0 aliphatic heterocycles. The van der Waals surface area contributed by atoms with Gasteiger partial charge in [0.1, 0.15) is 0 Å². The first kappa shape index (κ1) is 18.0. The molecular weight excluding hydrogens is 319 g/mol. The Morgan fingerprint density at radius 2 is 1.67 bits per heavy atom. The summed E-state index contributed by atoms with van der Waals surface area (Å²) in [5.41, 5.74) is -0.0388. The van der Waals surface area contributed by atoms with Gasteiger partial charge in [-0.25, -0.2) is 0 Å². The number of halogens is 3. The van der Waals surface area contributed by atoms with Gasteiger partial charge in [-0.1, -0.05) is 48.5 Å². The average molecular weight is 337 g/mol. The van der Waals surface area contributed by atoms with Gasteiger partial charge in [0.2, 0.25) is 0 Å². The van der Waals surface area contributed by atoms with E-state index in [9.17, 15) is 18.0 Å². The third-order valence-electron chi connectivity index (χ3n) is 3.67. The zero-order valence-corrected chi connectivity index (χ0v) is 13.4. The van der Waals surface area contributed by atoms with Gasteiger partial charge in [-0.2, -0.15) is 13.2 Å². The maximum Gasteiger partial charge on any atom is 0.416 e. The SMILES string of the molecule is COC(C(=O)N(C)Cc1ccccc1C(F)(F)F)c1ccccc1. The third-order valence-corrected chi connectivity index (χ3v) is 3.67. The van der Waals surface area contributed by atoms with E-state index >= 15 is 0 Å². The van der Waals surface area contributed by atoms with Crippen molar-refractivity contribution in [2.24, 2.45) is 0 Å². The lowest BCUT2D eigenvalue weighted by molar-refractivity contribution is -0.143. The smallest absolute Gasteiger partial charge is 0.367 e. The third kappa shape index (κ3) is 4.14. The predicted molar refractivity (Wildman–Crippen MR) is 84.1 cm³/mol. The quantitative estimate of drug-likeness (QED) is 0.824. The van der Waals surface area contributed by atoms with Crippen LogP contribution in [-0.2, 0) is 22.3 Å². The highest BCUT2D eigenvalue weighted by Gasteiger charge is 2.33. The minimum absolute atomic E-state index is 0.0452. The molecule has 1 atom stereocenters. The van der Waals surface area contributed by atoms with E-state index in [4.69, 9.17) is 4.74 Å². The van der Waals surface area contributed by atoms with Crippen LogP contribution in [0, 0.1) is 0 Å². The molecule has 0 aromatic heterocycles. The number of methoxy groups -OCH3 is 1. The van der Waals surface area contributed by atoms with Crippen LogP contribution in [0.4, 0.5) is 13.2 Å². The fraction of sp³-hybridized carbons (Fsp3) is 0.278. The fourth-order valence-electron chi connectivity index (χ4n) is 2.48. The standard InChI is InChI=1S/C18H18F3NO2/c1-22(12-14-10-6-7-11-15(14)18(19,20)21)17(23)16(24-2)13-8-4-3-5-9-13/h3-11,16H,12H2,1-2H3. The summed E-state index contributed by atoms with van der Waals surface area (Å²) >= 11 is 0. The van der Waals surface area contributed by atoms with Crippen LogP contribution in [0.2, 0.25) is 0 Å². The van der Waals surface area contributed by atoms with Gasteiger partial charge in [-0.15, -0.1) is 0 Å². The highest BCUT2D eigenvalue weighted by Crippen LogP contribution is 2.32. The van der Waals surface area contributed by atoms with Gasteiger partial charge in [-0.3, -0.25) is 4.79 Å². The molecule has 24 heavy (non-hydrogen) atoms. The fourth-order valence-corrected chi connectivity index (χ4v) is 2.48. The summed E-state index contributed by atoms with van der Waals surface area (Å²) in [7, 11) is 2.86. The molecule has 3 nitrogen and oxygen atoms in total. The van der Waals surface area contributed by atoms with Gasteiger partial charge in [0.05, 0.1) is 5.56 Å². The van der Waals surface area contributed by atoms with Gasteiger partial charge in [0, 0.05) is 20.7 Å². The molecular formula is C18H18F3NO2. The van der Waals surface area contributed by atoms with Crippen molar-refractivity contribution in [3.63, 3.8) is 0 Å². The molecule has 0 saturated carbocycles. The Labute approximate surface area is 138 Å². The number of carbonyl (C=O) groups excluding carboxylic acids is 1. The molecule has 6 heteroatoms. The summed E-state index contributed by atoms with van der Waals surface area (Å²) in [5.74, 6) is -0.402. The first-order chi connectivity index (χ1) is 11.3. The number of likely N-dealkylation sites (N-methyl/N-ethyl adjacent to an activating group) is 1. The van der Waals surface area contributed by atoms with Gasteiger partial charge in [-0.05, 0) is 17.2 Å². The summed E-state index contributed by atoms with van der Waals surface area (Å²) in [4.78, 5) is 13.8. The van der Waals surface area contributed by atoms with Crippen LogP contribution in [-0.4, -0.2) is 25.0 Å². The molecule has 2 rings (SSSR count). The Morgan fingerprint density at radius 3 is 2.25 bits per heavy atom. The van der Waals surface area contributed by atoms with E-state index in [1.807, 2.05) is 6.07 Å². The molecule has 2 aromatic carbocycles.